The van der Waals surface area contributed by atoms with E-state index in [-0.39, 0.29) is 0 Å². The summed E-state index contributed by atoms with van der Waals surface area (Å²) in [6.07, 6.45) is 3.35. The molecule has 0 aliphatic rings. The Bertz CT molecular complexity index is 691. The monoisotopic (exact) mass is 294 g/mol. The molecule has 0 amide bonds. The van der Waals surface area contributed by atoms with Crippen LogP contribution in [0.15, 0.2) is 53.9 Å². The number of thiophene rings is 1. The number of benzene rings is 1. The van der Waals surface area contributed by atoms with Gasteiger partial charge in [0.05, 0.1) is 10.6 Å². The Morgan fingerprint density at radius 3 is 2.57 bits per heavy atom. The average Bonchev–Trinajstić information content (AvgIpc) is 3.08. The maximum Gasteiger partial charge on any atom is 0.170 e. The topological polar surface area (TPSA) is 25.8 Å². The second-order valence-corrected chi connectivity index (χ2v) is 5.96. The molecule has 0 bridgehead atoms. The Morgan fingerprint density at radius 1 is 1.00 bits per heavy atom. The van der Waals surface area contributed by atoms with Gasteiger partial charge in [-0.05, 0) is 30.4 Å². The third kappa shape index (κ3) is 3.37. The van der Waals surface area contributed by atoms with Crippen LogP contribution in [0.3, 0.4) is 0 Å². The minimum Gasteiger partial charge on any atom is -0.232 e. The van der Waals surface area contributed by atoms with Crippen molar-refractivity contribution in [1.82, 2.24) is 9.97 Å². The van der Waals surface area contributed by atoms with Gasteiger partial charge in [-0.15, -0.1) is 11.3 Å². The molecule has 2 nitrogen and oxygen atoms in total. The zero-order valence-corrected chi connectivity index (χ0v) is 12.9. The van der Waals surface area contributed by atoms with Crippen molar-refractivity contribution >= 4 is 11.3 Å². The van der Waals surface area contributed by atoms with Gasteiger partial charge >= 0.3 is 0 Å². The lowest BCUT2D eigenvalue weighted by atomic mass is 10.1. The van der Waals surface area contributed by atoms with Gasteiger partial charge in [-0.3, -0.25) is 0 Å². The second kappa shape index (κ2) is 6.64. The zero-order chi connectivity index (χ0) is 14.5. The van der Waals surface area contributed by atoms with Crippen molar-refractivity contribution < 1.29 is 0 Å². The van der Waals surface area contributed by atoms with E-state index >= 15 is 0 Å². The van der Waals surface area contributed by atoms with E-state index in [0.717, 1.165) is 40.5 Å². The largest absolute Gasteiger partial charge is 0.232 e. The van der Waals surface area contributed by atoms with Crippen molar-refractivity contribution in [2.75, 3.05) is 0 Å². The maximum atomic E-state index is 4.75. The molecule has 0 aliphatic heterocycles. The molecule has 0 radical (unpaired) electrons. The van der Waals surface area contributed by atoms with Crippen LogP contribution in [0.25, 0.3) is 22.0 Å². The first kappa shape index (κ1) is 14.0. The smallest absolute Gasteiger partial charge is 0.170 e. The minimum atomic E-state index is 0.845. The highest BCUT2D eigenvalue weighted by molar-refractivity contribution is 7.13. The van der Waals surface area contributed by atoms with Crippen LogP contribution in [0, 0.1) is 0 Å². The molecule has 3 heteroatoms. The Balaban J connectivity index is 2.05. The minimum absolute atomic E-state index is 0.845. The van der Waals surface area contributed by atoms with E-state index in [1.54, 1.807) is 11.3 Å². The van der Waals surface area contributed by atoms with Crippen LogP contribution in [-0.2, 0) is 6.42 Å². The third-order valence-corrected chi connectivity index (χ3v) is 4.24. The van der Waals surface area contributed by atoms with Crippen molar-refractivity contribution in [1.29, 1.82) is 0 Å². The molecule has 0 unspecified atom stereocenters. The van der Waals surface area contributed by atoms with Gasteiger partial charge in [-0.2, -0.15) is 0 Å². The lowest BCUT2D eigenvalue weighted by Gasteiger charge is -2.07. The molecule has 106 valence electrons. The molecular weight excluding hydrogens is 276 g/mol. The predicted molar refractivity (Wildman–Crippen MR) is 89.4 cm³/mol. The van der Waals surface area contributed by atoms with Crippen LogP contribution in [0.1, 0.15) is 25.5 Å². The fourth-order valence-corrected chi connectivity index (χ4v) is 2.91. The molecule has 21 heavy (non-hydrogen) atoms. The highest BCUT2D eigenvalue weighted by Crippen LogP contribution is 2.25. The van der Waals surface area contributed by atoms with E-state index < -0.39 is 0 Å². The number of nitrogens with zero attached hydrogens (tertiary/aromatic N) is 2. The first-order chi connectivity index (χ1) is 10.4. The molecule has 0 atom stereocenters. The van der Waals surface area contributed by atoms with Crippen LogP contribution >= 0.6 is 11.3 Å². The summed E-state index contributed by atoms with van der Waals surface area (Å²) in [5, 5.41) is 2.07. The highest BCUT2D eigenvalue weighted by Gasteiger charge is 2.09. The summed E-state index contributed by atoms with van der Waals surface area (Å²) in [4.78, 5) is 10.6. The average molecular weight is 294 g/mol. The number of aromatic nitrogens is 2. The lowest BCUT2D eigenvalue weighted by Crippen LogP contribution is -1.97. The van der Waals surface area contributed by atoms with Crippen LogP contribution in [-0.4, -0.2) is 9.97 Å². The van der Waals surface area contributed by atoms with Crippen molar-refractivity contribution in [3.8, 4) is 22.0 Å². The first-order valence-corrected chi connectivity index (χ1v) is 8.22. The predicted octanol–water partition coefficient (Wildman–Crippen LogP) is 5.21. The number of aryl methyl sites for hydroxylation is 1. The summed E-state index contributed by atoms with van der Waals surface area (Å²) >= 11 is 1.69. The van der Waals surface area contributed by atoms with Crippen molar-refractivity contribution in [3.05, 3.63) is 59.6 Å². The van der Waals surface area contributed by atoms with E-state index in [1.165, 1.54) is 6.42 Å². The van der Waals surface area contributed by atoms with Crippen molar-refractivity contribution in [2.45, 2.75) is 26.2 Å². The molecule has 0 aliphatic carbocycles. The standard InChI is InChI=1S/C18H18N2S/c1-2-3-10-15-13-16(14-8-5-4-6-9-14)20-18(19-15)17-11-7-12-21-17/h4-9,11-13H,2-3,10H2,1H3. The Hall–Kier alpha value is -2.00. The summed E-state index contributed by atoms with van der Waals surface area (Å²) in [5.74, 6) is 0.845. The lowest BCUT2D eigenvalue weighted by molar-refractivity contribution is 0.775. The highest BCUT2D eigenvalue weighted by atomic mass is 32.1. The molecule has 0 N–H and O–H groups in total. The number of unbranched alkanes of at least 4 members (excludes halogenated alkanes) is 1. The Kier molecular flexibility index (Phi) is 4.41. The number of hydrogen-bond acceptors (Lipinski definition) is 3. The summed E-state index contributed by atoms with van der Waals surface area (Å²) in [6.45, 7) is 2.21. The van der Waals surface area contributed by atoms with Crippen LogP contribution < -0.4 is 0 Å². The van der Waals surface area contributed by atoms with Gasteiger partial charge in [0.15, 0.2) is 5.82 Å². The molecule has 1 aromatic carbocycles. The summed E-state index contributed by atoms with van der Waals surface area (Å²) in [5.41, 5.74) is 3.30. The fourth-order valence-electron chi connectivity index (χ4n) is 2.26. The SMILES string of the molecule is CCCCc1cc(-c2ccccc2)nc(-c2cccs2)n1. The molecule has 0 fully saturated rings. The van der Waals surface area contributed by atoms with E-state index in [1.807, 2.05) is 24.3 Å². The Morgan fingerprint density at radius 2 is 1.86 bits per heavy atom. The molecule has 2 aromatic heterocycles. The van der Waals surface area contributed by atoms with E-state index in [9.17, 15) is 0 Å². The van der Waals surface area contributed by atoms with Crippen molar-refractivity contribution in [2.24, 2.45) is 0 Å². The quantitative estimate of drug-likeness (QED) is 0.645. The molecule has 3 aromatic rings. The fraction of sp³-hybridized carbons (Fsp3) is 0.222. The first-order valence-electron chi connectivity index (χ1n) is 7.34. The summed E-state index contributed by atoms with van der Waals surface area (Å²) in [7, 11) is 0. The van der Waals surface area contributed by atoms with Gasteiger partial charge in [-0.1, -0.05) is 49.7 Å². The second-order valence-electron chi connectivity index (χ2n) is 5.02. The third-order valence-electron chi connectivity index (χ3n) is 3.38. The zero-order valence-electron chi connectivity index (χ0n) is 12.1. The molecular formula is C18H18N2S. The Labute approximate surface area is 129 Å². The maximum absolute atomic E-state index is 4.75. The molecule has 0 spiro atoms. The number of rotatable bonds is 5. The van der Waals surface area contributed by atoms with E-state index in [0.29, 0.717) is 0 Å². The summed E-state index contributed by atoms with van der Waals surface area (Å²) in [6, 6.07) is 16.6. The molecule has 0 saturated heterocycles. The summed E-state index contributed by atoms with van der Waals surface area (Å²) < 4.78 is 0. The molecule has 0 saturated carbocycles. The van der Waals surface area contributed by atoms with E-state index in [4.69, 9.17) is 9.97 Å². The van der Waals surface area contributed by atoms with Gasteiger partial charge in [0.2, 0.25) is 0 Å². The van der Waals surface area contributed by atoms with E-state index in [2.05, 4.69) is 36.6 Å². The van der Waals surface area contributed by atoms with Gasteiger partial charge in [0.1, 0.15) is 0 Å². The van der Waals surface area contributed by atoms with Gasteiger partial charge in [0, 0.05) is 11.3 Å². The van der Waals surface area contributed by atoms with Crippen LogP contribution in [0.5, 0.6) is 0 Å². The molecule has 3 rings (SSSR count). The normalized spacial score (nSPS) is 10.7. The van der Waals surface area contributed by atoms with Gasteiger partial charge in [0.25, 0.3) is 0 Å². The van der Waals surface area contributed by atoms with Gasteiger partial charge < -0.3 is 0 Å². The molecule has 2 heterocycles. The van der Waals surface area contributed by atoms with Crippen LogP contribution in [0.4, 0.5) is 0 Å². The van der Waals surface area contributed by atoms with Crippen LogP contribution in [0.2, 0.25) is 0 Å². The van der Waals surface area contributed by atoms with Crippen molar-refractivity contribution in [3.63, 3.8) is 0 Å². The number of hydrogen-bond donors (Lipinski definition) is 0. The van der Waals surface area contributed by atoms with Gasteiger partial charge in [-0.25, -0.2) is 9.97 Å².